The topological polar surface area (TPSA) is 21.7 Å². The number of fused-ring (bicyclic) bond motifs is 5. The molecule has 1 aliphatic heterocycles. The van der Waals surface area contributed by atoms with Crippen LogP contribution in [0.2, 0.25) is 0 Å². The largest absolute Gasteiger partial charge is 0.344 e. The Morgan fingerprint density at radius 3 is 1.35 bits per heavy atom. The maximum atomic E-state index is 7.06. The highest BCUT2D eigenvalue weighted by molar-refractivity contribution is 5.09. The fourth-order valence-electron chi connectivity index (χ4n) is 8.78. The lowest BCUT2D eigenvalue weighted by molar-refractivity contribution is -0.196. The van der Waals surface area contributed by atoms with Gasteiger partial charge in [0.2, 0.25) is 0 Å². The van der Waals surface area contributed by atoms with Crippen LogP contribution in [-0.2, 0) is 9.47 Å². The molecule has 0 aromatic rings. The van der Waals surface area contributed by atoms with Gasteiger partial charge in [-0.15, -0.1) is 0 Å². The second kappa shape index (κ2) is 26.6. The quantitative estimate of drug-likeness (QED) is 0.0538. The summed E-state index contributed by atoms with van der Waals surface area (Å²) < 4.78 is 14.1. The van der Waals surface area contributed by atoms with E-state index in [0.29, 0.717) is 30.1 Å². The molecule has 0 spiro atoms. The fourth-order valence-corrected chi connectivity index (χ4v) is 8.78. The molecule has 1 saturated heterocycles. The highest BCUT2D eigenvalue weighted by Crippen LogP contribution is 2.55. The van der Waals surface area contributed by atoms with Gasteiger partial charge in [0, 0.05) is 24.8 Å². The van der Waals surface area contributed by atoms with Crippen LogP contribution in [0.15, 0.2) is 48.6 Å². The van der Waals surface area contributed by atoms with Crippen LogP contribution in [0.3, 0.4) is 0 Å². The third kappa shape index (κ3) is 16.8. The molecule has 3 heteroatoms. The lowest BCUT2D eigenvalue weighted by Gasteiger charge is -2.33. The first kappa shape index (κ1) is 42.3. The van der Waals surface area contributed by atoms with Crippen LogP contribution in [0.1, 0.15) is 194 Å². The molecule has 3 nitrogen and oxygen atoms in total. The molecule has 0 aromatic carbocycles. The van der Waals surface area contributed by atoms with Gasteiger partial charge in [0.25, 0.3) is 0 Å². The highest BCUT2D eigenvalue weighted by Gasteiger charge is 2.62. The van der Waals surface area contributed by atoms with Crippen molar-refractivity contribution in [2.24, 2.45) is 11.8 Å². The minimum Gasteiger partial charge on any atom is -0.344 e. The zero-order valence-corrected chi connectivity index (χ0v) is 33.1. The zero-order valence-electron chi connectivity index (χ0n) is 33.1. The molecule has 0 N–H and O–H groups in total. The number of unbranched alkanes of at least 4 members (excludes halogenated alkanes) is 18. The summed E-state index contributed by atoms with van der Waals surface area (Å²) in [4.78, 5) is 2.45. The molecular weight excluding hydrogens is 599 g/mol. The number of hydrogen-bond donors (Lipinski definition) is 0. The SMILES string of the molecule is CCCCCC=CCC=CCCCCCCCCC1(CCCCCCCCC=CCC=CCCCCC)O[C@@H]2C3CC([C@@H]2O1)[C@@H](N(C)C)C3. The van der Waals surface area contributed by atoms with E-state index in [2.05, 4.69) is 81.5 Å². The molecule has 5 atom stereocenters. The summed E-state index contributed by atoms with van der Waals surface area (Å²) in [7, 11) is 4.52. The van der Waals surface area contributed by atoms with E-state index in [1.54, 1.807) is 0 Å². The van der Waals surface area contributed by atoms with Crippen molar-refractivity contribution in [2.45, 2.75) is 218 Å². The smallest absolute Gasteiger partial charge is 0.169 e. The summed E-state index contributed by atoms with van der Waals surface area (Å²) in [6, 6.07) is 0.675. The Labute approximate surface area is 305 Å². The summed E-state index contributed by atoms with van der Waals surface area (Å²) in [5, 5.41) is 0. The van der Waals surface area contributed by atoms with Gasteiger partial charge < -0.3 is 14.4 Å². The lowest BCUT2D eigenvalue weighted by atomic mass is 9.90. The minimum atomic E-state index is -0.308. The Morgan fingerprint density at radius 1 is 0.490 bits per heavy atom. The predicted octanol–water partition coefficient (Wildman–Crippen LogP) is 13.8. The van der Waals surface area contributed by atoms with E-state index in [1.807, 2.05) is 0 Å². The Kier molecular flexibility index (Phi) is 22.9. The van der Waals surface area contributed by atoms with Gasteiger partial charge >= 0.3 is 0 Å². The van der Waals surface area contributed by atoms with Gasteiger partial charge in [-0.2, -0.15) is 0 Å². The summed E-state index contributed by atoms with van der Waals surface area (Å²) >= 11 is 0. The standard InChI is InChI=1S/C46H81NO2/c1-5-7-9-11-13-15-17-19-21-23-25-27-29-31-33-35-37-46(48-44-41-39-42(45(44)49-46)43(40-41)47(3)4)38-36-34-32-30-28-26-24-22-20-18-16-14-12-10-8-6-2/h13-16,19-22,41-45H,5-12,17-18,23-40H2,1-4H3/t41?,42?,43-,44+,45-,46?/m0/s1. The highest BCUT2D eigenvalue weighted by atomic mass is 16.8. The van der Waals surface area contributed by atoms with Crippen molar-refractivity contribution >= 4 is 0 Å². The molecular formula is C46H81NO2. The Hall–Kier alpha value is -1.16. The summed E-state index contributed by atoms with van der Waals surface area (Å²) in [5.41, 5.74) is 0. The number of allylic oxidation sites excluding steroid dienone is 8. The molecule has 2 aliphatic carbocycles. The van der Waals surface area contributed by atoms with Crippen LogP contribution in [0.25, 0.3) is 0 Å². The van der Waals surface area contributed by atoms with Crippen molar-refractivity contribution in [2.75, 3.05) is 14.1 Å². The van der Waals surface area contributed by atoms with Crippen LogP contribution in [-0.4, -0.2) is 43.0 Å². The molecule has 3 fully saturated rings. The second-order valence-corrected chi connectivity index (χ2v) is 16.2. The molecule has 0 aromatic heterocycles. The van der Waals surface area contributed by atoms with Gasteiger partial charge in [0.1, 0.15) is 0 Å². The molecule has 2 unspecified atom stereocenters. The van der Waals surface area contributed by atoms with Gasteiger partial charge in [-0.05, 0) is 110 Å². The lowest BCUT2D eigenvalue weighted by Crippen LogP contribution is -2.43. The van der Waals surface area contributed by atoms with E-state index in [4.69, 9.17) is 9.47 Å². The molecule has 1 heterocycles. The Balaban J connectivity index is 1.27. The maximum absolute atomic E-state index is 7.06. The van der Waals surface area contributed by atoms with Crippen LogP contribution >= 0.6 is 0 Å². The molecule has 282 valence electrons. The van der Waals surface area contributed by atoms with E-state index in [-0.39, 0.29) is 5.79 Å². The first-order chi connectivity index (χ1) is 24.1. The molecule has 0 radical (unpaired) electrons. The zero-order chi connectivity index (χ0) is 34.8. The van der Waals surface area contributed by atoms with Gasteiger partial charge in [0.05, 0.1) is 12.2 Å². The van der Waals surface area contributed by atoms with Gasteiger partial charge in [-0.3, -0.25) is 0 Å². The van der Waals surface area contributed by atoms with Crippen molar-refractivity contribution in [3.63, 3.8) is 0 Å². The first-order valence-corrected chi connectivity index (χ1v) is 21.7. The van der Waals surface area contributed by atoms with E-state index >= 15 is 0 Å². The third-order valence-corrected chi connectivity index (χ3v) is 11.7. The van der Waals surface area contributed by atoms with Crippen LogP contribution in [0.5, 0.6) is 0 Å². The van der Waals surface area contributed by atoms with E-state index in [1.165, 1.54) is 154 Å². The van der Waals surface area contributed by atoms with Crippen molar-refractivity contribution in [3.8, 4) is 0 Å². The van der Waals surface area contributed by atoms with E-state index in [0.717, 1.165) is 25.7 Å². The average molecular weight is 680 g/mol. The number of nitrogens with zero attached hydrogens (tertiary/aromatic N) is 1. The van der Waals surface area contributed by atoms with Gasteiger partial charge in [-0.25, -0.2) is 0 Å². The Bertz CT molecular complexity index is 870. The average Bonchev–Trinajstić information content (AvgIpc) is 3.79. The van der Waals surface area contributed by atoms with Gasteiger partial charge in [-0.1, -0.05) is 140 Å². The van der Waals surface area contributed by atoms with E-state index < -0.39 is 0 Å². The second-order valence-electron chi connectivity index (χ2n) is 16.2. The normalized spacial score (nSPS) is 26.7. The van der Waals surface area contributed by atoms with E-state index in [9.17, 15) is 0 Å². The molecule has 3 rings (SSSR count). The number of rotatable bonds is 31. The summed E-state index contributed by atoms with van der Waals surface area (Å²) in [6.45, 7) is 4.55. The van der Waals surface area contributed by atoms with Crippen LogP contribution in [0, 0.1) is 11.8 Å². The monoisotopic (exact) mass is 680 g/mol. The van der Waals surface area contributed by atoms with Gasteiger partial charge in [0.15, 0.2) is 5.79 Å². The number of hydrogen-bond acceptors (Lipinski definition) is 3. The maximum Gasteiger partial charge on any atom is 0.169 e. The molecule has 49 heavy (non-hydrogen) atoms. The number of ether oxygens (including phenoxy) is 2. The van der Waals surface area contributed by atoms with Crippen molar-refractivity contribution < 1.29 is 9.47 Å². The van der Waals surface area contributed by atoms with Crippen molar-refractivity contribution in [3.05, 3.63) is 48.6 Å². The molecule has 2 bridgehead atoms. The molecule has 2 saturated carbocycles. The molecule has 3 aliphatic rings. The summed E-state index contributed by atoms with van der Waals surface area (Å²) in [5.74, 6) is 1.06. The fraction of sp³-hybridized carbons (Fsp3) is 0.826. The first-order valence-electron chi connectivity index (χ1n) is 21.7. The van der Waals surface area contributed by atoms with Crippen LogP contribution in [0.4, 0.5) is 0 Å². The minimum absolute atomic E-state index is 0.308. The summed E-state index contributed by atoms with van der Waals surface area (Å²) in [6.07, 6.45) is 55.6. The van der Waals surface area contributed by atoms with Crippen molar-refractivity contribution in [1.29, 1.82) is 0 Å². The Morgan fingerprint density at radius 2 is 0.898 bits per heavy atom. The third-order valence-electron chi connectivity index (χ3n) is 11.7. The van der Waals surface area contributed by atoms with Crippen molar-refractivity contribution in [1.82, 2.24) is 4.90 Å². The molecule has 0 amide bonds. The predicted molar refractivity (Wildman–Crippen MR) is 214 cm³/mol. The van der Waals surface area contributed by atoms with Crippen LogP contribution < -0.4 is 0 Å².